The van der Waals surface area contributed by atoms with Crippen molar-refractivity contribution < 1.29 is 8.42 Å². The summed E-state index contributed by atoms with van der Waals surface area (Å²) in [5, 5.41) is 0. The third-order valence-electron chi connectivity index (χ3n) is 7.43. The lowest BCUT2D eigenvalue weighted by atomic mass is 9.49. The smallest absolute Gasteiger partial charge is 0.178 e. The summed E-state index contributed by atoms with van der Waals surface area (Å²) in [6.45, 7) is 7.14. The first-order valence-electron chi connectivity index (χ1n) is 9.08. The fraction of sp³-hybridized carbons (Fsp3) is 0.700. The summed E-state index contributed by atoms with van der Waals surface area (Å²) in [5.74, 6) is 1.91. The Morgan fingerprint density at radius 3 is 2.52 bits per heavy atom. The van der Waals surface area contributed by atoms with Crippen LogP contribution in [0.2, 0.25) is 0 Å². The second-order valence-electron chi connectivity index (χ2n) is 8.99. The second-order valence-corrected chi connectivity index (χ2v) is 11.0. The topological polar surface area (TPSA) is 34.1 Å². The van der Waals surface area contributed by atoms with Crippen molar-refractivity contribution in [1.29, 1.82) is 0 Å². The highest BCUT2D eigenvalue weighted by Gasteiger charge is 2.56. The van der Waals surface area contributed by atoms with Gasteiger partial charge >= 0.3 is 0 Å². The predicted molar refractivity (Wildman–Crippen MR) is 93.2 cm³/mol. The van der Waals surface area contributed by atoms with E-state index in [4.69, 9.17) is 0 Å². The van der Waals surface area contributed by atoms with Gasteiger partial charge in [-0.3, -0.25) is 0 Å². The third-order valence-corrected chi connectivity index (χ3v) is 9.25. The van der Waals surface area contributed by atoms with Gasteiger partial charge in [-0.15, -0.1) is 0 Å². The van der Waals surface area contributed by atoms with Crippen LogP contribution >= 0.6 is 0 Å². The zero-order chi connectivity index (χ0) is 16.5. The number of hydrogen-bond donors (Lipinski definition) is 0. The van der Waals surface area contributed by atoms with E-state index in [1.54, 1.807) is 0 Å². The Hall–Kier alpha value is -0.830. The molecule has 126 valence electrons. The normalized spacial score (nSPS) is 40.6. The van der Waals surface area contributed by atoms with E-state index in [1.807, 2.05) is 18.2 Å². The van der Waals surface area contributed by atoms with Crippen LogP contribution < -0.4 is 0 Å². The highest BCUT2D eigenvalue weighted by molar-refractivity contribution is 7.91. The monoisotopic (exact) mass is 332 g/mol. The van der Waals surface area contributed by atoms with Crippen LogP contribution in [0.15, 0.2) is 29.2 Å². The maximum atomic E-state index is 12.9. The van der Waals surface area contributed by atoms with Crippen molar-refractivity contribution in [3.8, 4) is 0 Å². The minimum absolute atomic E-state index is 0.0382. The summed E-state index contributed by atoms with van der Waals surface area (Å²) < 4.78 is 25.8. The molecule has 4 rings (SSSR count). The van der Waals surface area contributed by atoms with Crippen molar-refractivity contribution in [2.75, 3.05) is 5.75 Å². The van der Waals surface area contributed by atoms with Gasteiger partial charge in [0, 0.05) is 0 Å². The van der Waals surface area contributed by atoms with E-state index < -0.39 is 9.84 Å². The quantitative estimate of drug-likeness (QED) is 0.696. The van der Waals surface area contributed by atoms with Gasteiger partial charge < -0.3 is 0 Å². The van der Waals surface area contributed by atoms with Crippen LogP contribution in [0.3, 0.4) is 0 Å². The molecule has 23 heavy (non-hydrogen) atoms. The Labute approximate surface area is 140 Å². The molecule has 2 aliphatic carbocycles. The van der Waals surface area contributed by atoms with Crippen molar-refractivity contribution in [3.05, 3.63) is 29.8 Å². The van der Waals surface area contributed by atoms with Gasteiger partial charge in [0.2, 0.25) is 0 Å². The van der Waals surface area contributed by atoms with Gasteiger partial charge in [0.15, 0.2) is 9.84 Å². The molecule has 0 amide bonds. The van der Waals surface area contributed by atoms with Crippen molar-refractivity contribution >= 4 is 9.84 Å². The average Bonchev–Trinajstić information content (AvgIpc) is 2.49. The highest BCUT2D eigenvalue weighted by Crippen LogP contribution is 2.60. The van der Waals surface area contributed by atoms with Crippen molar-refractivity contribution in [2.45, 2.75) is 63.2 Å². The number of benzene rings is 1. The molecule has 2 saturated carbocycles. The van der Waals surface area contributed by atoms with Gasteiger partial charge in [0.1, 0.15) is 0 Å². The van der Waals surface area contributed by atoms with Crippen LogP contribution in [-0.2, 0) is 15.3 Å². The lowest BCUT2D eigenvalue weighted by molar-refractivity contribution is -0.0269. The minimum atomic E-state index is -3.14. The molecule has 1 heterocycles. The molecule has 0 bridgehead atoms. The summed E-state index contributed by atoms with van der Waals surface area (Å²) in [4.78, 5) is 0.604. The molecule has 3 aliphatic rings. The SMILES string of the molecule is CC1(C)CCCC2C1CCC1(C)c3ccccc3S(=O)(=O)CC21. The van der Waals surface area contributed by atoms with Gasteiger partial charge in [-0.05, 0) is 65.9 Å². The predicted octanol–water partition coefficient (Wildman–Crippen LogP) is 4.58. The van der Waals surface area contributed by atoms with Crippen LogP contribution in [0, 0.1) is 23.2 Å². The molecular formula is C20H28O2S. The maximum absolute atomic E-state index is 12.9. The van der Waals surface area contributed by atoms with Crippen molar-refractivity contribution in [2.24, 2.45) is 23.2 Å². The lowest BCUT2D eigenvalue weighted by Crippen LogP contribution is -2.54. The van der Waals surface area contributed by atoms with E-state index in [0.717, 1.165) is 12.0 Å². The molecule has 2 fully saturated rings. The zero-order valence-corrected chi connectivity index (χ0v) is 15.3. The van der Waals surface area contributed by atoms with E-state index in [1.165, 1.54) is 25.7 Å². The summed E-state index contributed by atoms with van der Waals surface area (Å²) in [6, 6.07) is 7.78. The number of rotatable bonds is 0. The minimum Gasteiger partial charge on any atom is -0.224 e. The lowest BCUT2D eigenvalue weighted by Gasteiger charge is -2.58. The summed E-state index contributed by atoms with van der Waals surface area (Å²) in [6.07, 6.45) is 6.14. The van der Waals surface area contributed by atoms with E-state index in [9.17, 15) is 8.42 Å². The molecule has 1 aromatic rings. The third kappa shape index (κ3) is 2.15. The molecule has 0 saturated heterocycles. The highest BCUT2D eigenvalue weighted by atomic mass is 32.2. The van der Waals surface area contributed by atoms with Gasteiger partial charge in [-0.1, -0.05) is 45.4 Å². The number of sulfone groups is 1. The summed E-state index contributed by atoms with van der Waals surface area (Å²) in [5.41, 5.74) is 1.50. The molecule has 0 radical (unpaired) electrons. The number of fused-ring (bicyclic) bond motifs is 5. The first kappa shape index (κ1) is 15.7. The fourth-order valence-electron chi connectivity index (χ4n) is 6.14. The van der Waals surface area contributed by atoms with E-state index in [0.29, 0.717) is 33.8 Å². The average molecular weight is 333 g/mol. The van der Waals surface area contributed by atoms with Crippen LogP contribution in [0.5, 0.6) is 0 Å². The van der Waals surface area contributed by atoms with Gasteiger partial charge in [-0.2, -0.15) is 0 Å². The Kier molecular flexibility index (Phi) is 3.30. The summed E-state index contributed by atoms with van der Waals surface area (Å²) >= 11 is 0. The zero-order valence-electron chi connectivity index (χ0n) is 14.5. The van der Waals surface area contributed by atoms with Gasteiger partial charge in [0.25, 0.3) is 0 Å². The Balaban J connectivity index is 1.85. The van der Waals surface area contributed by atoms with Crippen LogP contribution in [0.4, 0.5) is 0 Å². The van der Waals surface area contributed by atoms with Crippen molar-refractivity contribution in [3.63, 3.8) is 0 Å². The summed E-state index contributed by atoms with van der Waals surface area (Å²) in [7, 11) is -3.14. The Bertz CT molecular complexity index is 734. The first-order valence-corrected chi connectivity index (χ1v) is 10.7. The molecule has 0 N–H and O–H groups in total. The number of hydrogen-bond acceptors (Lipinski definition) is 2. The molecule has 3 heteroatoms. The largest absolute Gasteiger partial charge is 0.224 e. The molecule has 2 nitrogen and oxygen atoms in total. The van der Waals surface area contributed by atoms with Crippen LogP contribution in [0.25, 0.3) is 0 Å². The Morgan fingerprint density at radius 2 is 1.74 bits per heavy atom. The molecule has 0 spiro atoms. The molecule has 4 unspecified atom stereocenters. The van der Waals surface area contributed by atoms with E-state index >= 15 is 0 Å². The standard InChI is InChI=1S/C20H28O2S/c1-19(2)11-6-7-14-15(19)10-12-20(3)16-8-4-5-9-18(16)23(21,22)13-17(14)20/h4-5,8-9,14-15,17H,6-7,10-13H2,1-3H3. The molecule has 0 aromatic heterocycles. The Morgan fingerprint density at radius 1 is 1.00 bits per heavy atom. The van der Waals surface area contributed by atoms with Gasteiger partial charge in [0.05, 0.1) is 10.6 Å². The molecule has 1 aliphatic heterocycles. The van der Waals surface area contributed by atoms with E-state index in [2.05, 4.69) is 26.8 Å². The van der Waals surface area contributed by atoms with E-state index in [-0.39, 0.29) is 5.41 Å². The van der Waals surface area contributed by atoms with Crippen LogP contribution in [-0.4, -0.2) is 14.2 Å². The second kappa shape index (κ2) is 4.84. The fourth-order valence-corrected chi connectivity index (χ4v) is 8.33. The van der Waals surface area contributed by atoms with Gasteiger partial charge in [-0.25, -0.2) is 8.42 Å². The maximum Gasteiger partial charge on any atom is 0.178 e. The first-order chi connectivity index (χ1) is 10.8. The molecule has 1 aromatic carbocycles. The van der Waals surface area contributed by atoms with Crippen molar-refractivity contribution in [1.82, 2.24) is 0 Å². The molecule has 4 atom stereocenters. The molecular weight excluding hydrogens is 304 g/mol. The van der Waals surface area contributed by atoms with Crippen LogP contribution in [0.1, 0.15) is 58.4 Å².